The third-order valence-electron chi connectivity index (χ3n) is 2.51. The molecule has 1 aromatic rings. The van der Waals surface area contributed by atoms with E-state index in [2.05, 4.69) is 26.6 Å². The van der Waals surface area contributed by atoms with Crippen LogP contribution in [0.3, 0.4) is 0 Å². The topological polar surface area (TPSA) is 50.4 Å². The molecule has 0 saturated carbocycles. The third kappa shape index (κ3) is 3.34. The summed E-state index contributed by atoms with van der Waals surface area (Å²) in [6.07, 6.45) is 0.783. The maximum atomic E-state index is 13.0. The van der Waals surface area contributed by atoms with Gasteiger partial charge >= 0.3 is 6.03 Å². The largest absolute Gasteiger partial charge is 0.379 e. The summed E-state index contributed by atoms with van der Waals surface area (Å²) < 4.78 is 18.6. The van der Waals surface area contributed by atoms with Crippen LogP contribution in [0.25, 0.3) is 0 Å². The van der Waals surface area contributed by atoms with Crippen molar-refractivity contribution in [3.8, 4) is 0 Å². The van der Waals surface area contributed by atoms with Crippen LogP contribution in [0.4, 0.5) is 14.9 Å². The van der Waals surface area contributed by atoms with Crippen LogP contribution in [0.2, 0.25) is 5.02 Å². The van der Waals surface area contributed by atoms with Crippen LogP contribution >= 0.6 is 27.5 Å². The third-order valence-corrected chi connectivity index (χ3v) is 3.43. The van der Waals surface area contributed by atoms with Crippen LogP contribution in [-0.2, 0) is 4.74 Å². The first-order chi connectivity index (χ1) is 8.56. The Kier molecular flexibility index (Phi) is 4.42. The van der Waals surface area contributed by atoms with Crippen LogP contribution in [0.5, 0.6) is 0 Å². The van der Waals surface area contributed by atoms with E-state index in [0.717, 1.165) is 12.5 Å². The Bertz CT molecular complexity index is 443. The van der Waals surface area contributed by atoms with Gasteiger partial charge in [-0.2, -0.15) is 0 Å². The number of rotatable bonds is 2. The van der Waals surface area contributed by atoms with Gasteiger partial charge in [0.2, 0.25) is 0 Å². The van der Waals surface area contributed by atoms with Crippen LogP contribution in [-0.4, -0.2) is 25.3 Å². The second-order valence-corrected chi connectivity index (χ2v) is 5.16. The molecular formula is C11H11BrClFN2O2. The maximum absolute atomic E-state index is 13.0. The lowest BCUT2D eigenvalue weighted by Gasteiger charge is -2.13. The van der Waals surface area contributed by atoms with Crippen LogP contribution in [0, 0.1) is 5.82 Å². The van der Waals surface area contributed by atoms with Gasteiger partial charge in [0.05, 0.1) is 23.4 Å². The van der Waals surface area contributed by atoms with Crippen LogP contribution in [0.1, 0.15) is 6.42 Å². The van der Waals surface area contributed by atoms with Gasteiger partial charge in [-0.25, -0.2) is 9.18 Å². The first-order valence-corrected chi connectivity index (χ1v) is 6.53. The second-order valence-electron chi connectivity index (χ2n) is 3.90. The molecule has 2 rings (SSSR count). The van der Waals surface area contributed by atoms with E-state index in [0.29, 0.717) is 23.4 Å². The number of urea groups is 1. The Morgan fingerprint density at radius 2 is 2.33 bits per heavy atom. The number of hydrogen-bond donors (Lipinski definition) is 2. The molecule has 98 valence electrons. The lowest BCUT2D eigenvalue weighted by molar-refractivity contribution is 0.189. The van der Waals surface area contributed by atoms with Crippen LogP contribution < -0.4 is 10.6 Å². The normalized spacial score (nSPS) is 18.7. The van der Waals surface area contributed by atoms with Crippen molar-refractivity contribution >= 4 is 39.2 Å². The van der Waals surface area contributed by atoms with E-state index in [1.165, 1.54) is 6.07 Å². The molecule has 7 heteroatoms. The molecule has 1 heterocycles. The van der Waals surface area contributed by atoms with E-state index in [9.17, 15) is 9.18 Å². The summed E-state index contributed by atoms with van der Waals surface area (Å²) in [7, 11) is 0. The Balaban J connectivity index is 2.02. The molecule has 4 nitrogen and oxygen atoms in total. The maximum Gasteiger partial charge on any atom is 0.319 e. The number of halogens is 3. The molecule has 1 aliphatic rings. The van der Waals surface area contributed by atoms with E-state index in [1.54, 1.807) is 0 Å². The number of ether oxygens (including phenoxy) is 1. The molecule has 1 atom stereocenters. The summed E-state index contributed by atoms with van der Waals surface area (Å²) >= 11 is 9.01. The fourth-order valence-electron chi connectivity index (χ4n) is 1.64. The Morgan fingerprint density at radius 3 is 2.94 bits per heavy atom. The summed E-state index contributed by atoms with van der Waals surface area (Å²) in [5.41, 5.74) is 0.342. The fourth-order valence-corrected chi connectivity index (χ4v) is 2.54. The van der Waals surface area contributed by atoms with Gasteiger partial charge in [-0.05, 0) is 34.5 Å². The summed E-state index contributed by atoms with van der Waals surface area (Å²) in [5.74, 6) is -0.470. The van der Waals surface area contributed by atoms with Gasteiger partial charge < -0.3 is 15.4 Å². The van der Waals surface area contributed by atoms with Gasteiger partial charge in [-0.15, -0.1) is 0 Å². The average Bonchev–Trinajstić information content (AvgIpc) is 2.76. The molecule has 2 N–H and O–H groups in total. The predicted octanol–water partition coefficient (Wildman–Crippen LogP) is 3.15. The number of amides is 2. The SMILES string of the molecule is O=C(Nc1c(Cl)cc(F)cc1Br)NC1CCOC1. The molecule has 0 aliphatic carbocycles. The Labute approximate surface area is 117 Å². The number of benzene rings is 1. The number of anilines is 1. The van der Waals surface area contributed by atoms with Crippen molar-refractivity contribution in [2.24, 2.45) is 0 Å². The standard InChI is InChI=1S/C11H11BrClFN2O2/c12-8-3-6(14)4-9(13)10(8)16-11(17)15-7-1-2-18-5-7/h3-4,7H,1-2,5H2,(H2,15,16,17). The first kappa shape index (κ1) is 13.6. The molecule has 1 aromatic carbocycles. The van der Waals surface area contributed by atoms with Crippen molar-refractivity contribution in [2.45, 2.75) is 12.5 Å². The van der Waals surface area contributed by atoms with E-state index in [4.69, 9.17) is 16.3 Å². The summed E-state index contributed by atoms with van der Waals surface area (Å²) in [5, 5.41) is 5.47. The molecule has 0 aromatic heterocycles. The van der Waals surface area contributed by atoms with Gasteiger partial charge in [0.1, 0.15) is 5.82 Å². The minimum atomic E-state index is -0.470. The minimum Gasteiger partial charge on any atom is -0.379 e. The highest BCUT2D eigenvalue weighted by atomic mass is 79.9. The number of nitrogens with one attached hydrogen (secondary N) is 2. The quantitative estimate of drug-likeness (QED) is 0.871. The lowest BCUT2D eigenvalue weighted by atomic mass is 10.3. The van der Waals surface area contributed by atoms with E-state index >= 15 is 0 Å². The van der Waals surface area contributed by atoms with E-state index in [1.807, 2.05) is 0 Å². The van der Waals surface area contributed by atoms with Crippen molar-refractivity contribution < 1.29 is 13.9 Å². The monoisotopic (exact) mass is 336 g/mol. The predicted molar refractivity (Wildman–Crippen MR) is 70.5 cm³/mol. The molecule has 18 heavy (non-hydrogen) atoms. The highest BCUT2D eigenvalue weighted by Gasteiger charge is 2.19. The number of hydrogen-bond acceptors (Lipinski definition) is 2. The second kappa shape index (κ2) is 5.86. The zero-order chi connectivity index (χ0) is 13.1. The first-order valence-electron chi connectivity index (χ1n) is 5.36. The lowest BCUT2D eigenvalue weighted by Crippen LogP contribution is -2.38. The van der Waals surface area contributed by atoms with Crippen molar-refractivity contribution in [2.75, 3.05) is 18.5 Å². The van der Waals surface area contributed by atoms with Crippen molar-refractivity contribution in [1.82, 2.24) is 5.32 Å². The fraction of sp³-hybridized carbons (Fsp3) is 0.364. The molecule has 1 unspecified atom stereocenters. The zero-order valence-electron chi connectivity index (χ0n) is 9.30. The number of carbonyl (C=O) groups is 1. The molecule has 0 radical (unpaired) electrons. The molecule has 0 bridgehead atoms. The van der Waals surface area contributed by atoms with Crippen LogP contribution in [0.15, 0.2) is 16.6 Å². The van der Waals surface area contributed by atoms with E-state index < -0.39 is 5.82 Å². The molecule has 1 saturated heterocycles. The molecule has 0 spiro atoms. The van der Waals surface area contributed by atoms with Gasteiger partial charge in [0, 0.05) is 11.1 Å². The smallest absolute Gasteiger partial charge is 0.319 e. The van der Waals surface area contributed by atoms with Gasteiger partial charge in [0.25, 0.3) is 0 Å². The van der Waals surface area contributed by atoms with Gasteiger partial charge in [0.15, 0.2) is 0 Å². The average molecular weight is 338 g/mol. The van der Waals surface area contributed by atoms with Crippen molar-refractivity contribution in [1.29, 1.82) is 0 Å². The van der Waals surface area contributed by atoms with Gasteiger partial charge in [-0.1, -0.05) is 11.6 Å². The molecule has 1 fully saturated rings. The number of carbonyl (C=O) groups excluding carboxylic acids is 1. The highest BCUT2D eigenvalue weighted by molar-refractivity contribution is 9.10. The molecular weight excluding hydrogens is 326 g/mol. The van der Waals surface area contributed by atoms with E-state index in [-0.39, 0.29) is 17.1 Å². The summed E-state index contributed by atoms with van der Waals surface area (Å²) in [6, 6.07) is 1.99. The Morgan fingerprint density at radius 1 is 1.56 bits per heavy atom. The summed E-state index contributed by atoms with van der Waals surface area (Å²) in [6.45, 7) is 1.15. The van der Waals surface area contributed by atoms with Gasteiger partial charge in [-0.3, -0.25) is 0 Å². The highest BCUT2D eigenvalue weighted by Crippen LogP contribution is 2.31. The Hall–Kier alpha value is -0.850. The zero-order valence-corrected chi connectivity index (χ0v) is 11.6. The minimum absolute atomic E-state index is 0.00278. The summed E-state index contributed by atoms with van der Waals surface area (Å²) in [4.78, 5) is 11.7. The molecule has 1 aliphatic heterocycles. The molecule has 2 amide bonds. The van der Waals surface area contributed by atoms with Crippen molar-refractivity contribution in [3.05, 3.63) is 27.4 Å². The van der Waals surface area contributed by atoms with Crippen molar-refractivity contribution in [3.63, 3.8) is 0 Å².